The van der Waals surface area contributed by atoms with Gasteiger partial charge in [-0.1, -0.05) is 50.3 Å². The minimum Gasteiger partial charge on any atom is -0.383 e. The molecule has 2 unspecified atom stereocenters. The predicted molar refractivity (Wildman–Crippen MR) is 129 cm³/mol. The molecule has 2 aromatic carbocycles. The molecule has 2 heterocycles. The van der Waals surface area contributed by atoms with Crippen molar-refractivity contribution in [1.82, 2.24) is 0 Å². The van der Waals surface area contributed by atoms with Gasteiger partial charge in [0.2, 0.25) is 5.91 Å². The molecule has 0 aromatic heterocycles. The van der Waals surface area contributed by atoms with E-state index in [4.69, 9.17) is 0 Å². The number of benzene rings is 2. The highest BCUT2D eigenvalue weighted by atomic mass is 19.1. The molecule has 32 heavy (non-hydrogen) atoms. The van der Waals surface area contributed by atoms with Crippen LogP contribution in [0.2, 0.25) is 0 Å². The zero-order chi connectivity index (χ0) is 22.1. The van der Waals surface area contributed by atoms with E-state index in [1.54, 1.807) is 6.07 Å². The molecule has 1 amide bonds. The third-order valence-electron chi connectivity index (χ3n) is 7.74. The molecule has 0 spiro atoms. The SMILES string of the molecule is Cc1ccc(F)c2c1NC(C(=O)Nc1cccc3c1NCCC3C1CCCCCCC1)C2. The summed E-state index contributed by atoms with van der Waals surface area (Å²) >= 11 is 0. The quantitative estimate of drug-likeness (QED) is 0.525. The zero-order valence-electron chi connectivity index (χ0n) is 19.0. The summed E-state index contributed by atoms with van der Waals surface area (Å²) in [5.41, 5.74) is 5.63. The second kappa shape index (κ2) is 9.13. The van der Waals surface area contributed by atoms with Crippen molar-refractivity contribution in [2.75, 3.05) is 22.5 Å². The number of hydrogen-bond acceptors (Lipinski definition) is 3. The van der Waals surface area contributed by atoms with Crippen LogP contribution in [0, 0.1) is 18.7 Å². The molecule has 1 saturated carbocycles. The summed E-state index contributed by atoms with van der Waals surface area (Å²) in [6.45, 7) is 2.89. The number of anilines is 3. The predicted octanol–water partition coefficient (Wildman–Crippen LogP) is 6.37. The molecule has 0 bridgehead atoms. The average molecular weight is 436 g/mol. The van der Waals surface area contributed by atoms with Gasteiger partial charge in [-0.15, -0.1) is 0 Å². The molecule has 3 N–H and O–H groups in total. The molecule has 170 valence electrons. The van der Waals surface area contributed by atoms with E-state index in [1.165, 1.54) is 56.6 Å². The van der Waals surface area contributed by atoms with E-state index in [1.807, 2.05) is 13.0 Å². The van der Waals surface area contributed by atoms with Crippen molar-refractivity contribution in [2.24, 2.45) is 5.92 Å². The van der Waals surface area contributed by atoms with Crippen LogP contribution in [-0.4, -0.2) is 18.5 Å². The van der Waals surface area contributed by atoms with Crippen LogP contribution in [0.4, 0.5) is 21.5 Å². The van der Waals surface area contributed by atoms with Gasteiger partial charge in [0.1, 0.15) is 11.9 Å². The van der Waals surface area contributed by atoms with Gasteiger partial charge in [0, 0.05) is 24.2 Å². The fraction of sp³-hybridized carbons (Fsp3) is 0.519. The van der Waals surface area contributed by atoms with Gasteiger partial charge >= 0.3 is 0 Å². The van der Waals surface area contributed by atoms with E-state index in [-0.39, 0.29) is 11.7 Å². The van der Waals surface area contributed by atoms with Crippen molar-refractivity contribution in [1.29, 1.82) is 0 Å². The van der Waals surface area contributed by atoms with Crippen molar-refractivity contribution < 1.29 is 9.18 Å². The number of carbonyl (C=O) groups excluding carboxylic acids is 1. The second-order valence-electron chi connectivity index (χ2n) is 9.81. The van der Waals surface area contributed by atoms with Gasteiger partial charge in [0.25, 0.3) is 0 Å². The van der Waals surface area contributed by atoms with Gasteiger partial charge in [0.15, 0.2) is 0 Å². The molecule has 0 radical (unpaired) electrons. The summed E-state index contributed by atoms with van der Waals surface area (Å²) in [5, 5.41) is 9.95. The minimum absolute atomic E-state index is 0.108. The van der Waals surface area contributed by atoms with E-state index in [0.717, 1.165) is 41.5 Å². The maximum Gasteiger partial charge on any atom is 0.247 e. The van der Waals surface area contributed by atoms with Crippen LogP contribution in [0.1, 0.15) is 74.0 Å². The third-order valence-corrected chi connectivity index (χ3v) is 7.74. The van der Waals surface area contributed by atoms with Crippen LogP contribution >= 0.6 is 0 Å². The number of fused-ring (bicyclic) bond motifs is 2. The lowest BCUT2D eigenvalue weighted by atomic mass is 9.75. The Morgan fingerprint density at radius 3 is 2.56 bits per heavy atom. The standard InChI is InChI=1S/C27H34FN3O/c1-17-12-13-22(28)21-16-24(30-25(17)21)27(32)31-23-11-7-10-20-19(14-15-29-26(20)23)18-8-5-3-2-4-6-9-18/h7,10-13,18-19,24,29-30H,2-6,8-9,14-16H2,1H3,(H,31,32). The van der Waals surface area contributed by atoms with Crippen molar-refractivity contribution in [2.45, 2.75) is 76.7 Å². The molecule has 2 aromatic rings. The zero-order valence-corrected chi connectivity index (χ0v) is 19.0. The van der Waals surface area contributed by atoms with Crippen molar-refractivity contribution in [3.63, 3.8) is 0 Å². The fourth-order valence-corrected chi connectivity index (χ4v) is 6.02. The highest BCUT2D eigenvalue weighted by Crippen LogP contribution is 2.44. The van der Waals surface area contributed by atoms with Gasteiger partial charge in [-0.2, -0.15) is 0 Å². The van der Waals surface area contributed by atoms with Crippen LogP contribution in [0.15, 0.2) is 30.3 Å². The Hall–Kier alpha value is -2.56. The molecular formula is C27H34FN3O. The monoisotopic (exact) mass is 435 g/mol. The largest absolute Gasteiger partial charge is 0.383 e. The van der Waals surface area contributed by atoms with Crippen LogP contribution in [0.25, 0.3) is 0 Å². The number of rotatable bonds is 3. The Bertz CT molecular complexity index is 966. The van der Waals surface area contributed by atoms with Gasteiger partial charge in [0.05, 0.1) is 11.4 Å². The number of aryl methyl sites for hydroxylation is 1. The fourth-order valence-electron chi connectivity index (χ4n) is 6.02. The first-order chi connectivity index (χ1) is 15.6. The van der Waals surface area contributed by atoms with Crippen LogP contribution in [0.5, 0.6) is 0 Å². The molecule has 5 heteroatoms. The molecule has 5 rings (SSSR count). The first-order valence-electron chi connectivity index (χ1n) is 12.3. The van der Waals surface area contributed by atoms with E-state index in [2.05, 4.69) is 28.1 Å². The molecule has 2 aliphatic heterocycles. The highest BCUT2D eigenvalue weighted by Gasteiger charge is 2.32. The molecule has 0 saturated heterocycles. The summed E-state index contributed by atoms with van der Waals surface area (Å²) in [4.78, 5) is 13.1. The van der Waals surface area contributed by atoms with Crippen molar-refractivity contribution >= 4 is 23.0 Å². The minimum atomic E-state index is -0.457. The summed E-state index contributed by atoms with van der Waals surface area (Å²) in [5.74, 6) is 0.948. The third kappa shape index (κ3) is 4.10. The lowest BCUT2D eigenvalue weighted by molar-refractivity contribution is -0.116. The van der Waals surface area contributed by atoms with E-state index >= 15 is 0 Å². The Balaban J connectivity index is 1.34. The van der Waals surface area contributed by atoms with Crippen molar-refractivity contribution in [3.8, 4) is 0 Å². The second-order valence-corrected chi connectivity index (χ2v) is 9.81. The number of nitrogens with one attached hydrogen (secondary N) is 3. The van der Waals surface area contributed by atoms with Gasteiger partial charge in [-0.3, -0.25) is 4.79 Å². The lowest BCUT2D eigenvalue weighted by Crippen LogP contribution is -2.33. The Morgan fingerprint density at radius 1 is 1.00 bits per heavy atom. The molecular weight excluding hydrogens is 401 g/mol. The van der Waals surface area contributed by atoms with Crippen molar-refractivity contribution in [3.05, 3.63) is 52.8 Å². The average Bonchev–Trinajstić information content (AvgIpc) is 3.24. The maximum atomic E-state index is 14.3. The smallest absolute Gasteiger partial charge is 0.247 e. The van der Waals surface area contributed by atoms with Gasteiger partial charge < -0.3 is 16.0 Å². The Labute approximate surface area is 190 Å². The van der Waals surface area contributed by atoms with E-state index < -0.39 is 6.04 Å². The first-order valence-corrected chi connectivity index (χ1v) is 12.3. The molecule has 4 nitrogen and oxygen atoms in total. The Kier molecular flexibility index (Phi) is 6.07. The van der Waals surface area contributed by atoms with E-state index in [0.29, 0.717) is 17.9 Å². The Morgan fingerprint density at radius 2 is 1.78 bits per heavy atom. The molecule has 1 fully saturated rings. The molecule has 3 aliphatic rings. The van der Waals surface area contributed by atoms with Gasteiger partial charge in [-0.05, 0) is 61.3 Å². The summed E-state index contributed by atoms with van der Waals surface area (Å²) < 4.78 is 14.3. The summed E-state index contributed by atoms with van der Waals surface area (Å²) in [6.07, 6.45) is 11.0. The van der Waals surface area contributed by atoms with Gasteiger partial charge in [-0.25, -0.2) is 4.39 Å². The van der Waals surface area contributed by atoms with Crippen LogP contribution in [0.3, 0.4) is 0 Å². The number of carbonyl (C=O) groups is 1. The normalized spacial score (nSPS) is 23.2. The number of halogens is 1. The summed E-state index contributed by atoms with van der Waals surface area (Å²) in [6, 6.07) is 9.08. The number of hydrogen-bond donors (Lipinski definition) is 3. The molecule has 2 atom stereocenters. The van der Waals surface area contributed by atoms with E-state index in [9.17, 15) is 9.18 Å². The van der Waals surface area contributed by atoms with Crippen LogP contribution in [-0.2, 0) is 11.2 Å². The first kappa shape index (κ1) is 21.3. The maximum absolute atomic E-state index is 14.3. The van der Waals surface area contributed by atoms with Crippen LogP contribution < -0.4 is 16.0 Å². The summed E-state index contributed by atoms with van der Waals surface area (Å²) in [7, 11) is 0. The highest BCUT2D eigenvalue weighted by molar-refractivity contribution is 6.01. The number of para-hydroxylation sites is 1. The topological polar surface area (TPSA) is 53.2 Å². The molecule has 1 aliphatic carbocycles. The lowest BCUT2D eigenvalue weighted by Gasteiger charge is -2.35. The number of amides is 1.